The molecule has 34 nitrogen and oxygen atoms in total. The Morgan fingerprint density at radius 3 is 1.95 bits per heavy atom. The van der Waals surface area contributed by atoms with Crippen LogP contribution < -0.4 is 50.4 Å². The summed E-state index contributed by atoms with van der Waals surface area (Å²) in [4.78, 5) is 167. The van der Waals surface area contributed by atoms with Crippen LogP contribution in [-0.4, -0.2) is 298 Å². The van der Waals surface area contributed by atoms with Crippen LogP contribution in [0.25, 0.3) is 0 Å². The van der Waals surface area contributed by atoms with Crippen molar-refractivity contribution in [3.05, 3.63) is 99.5 Å². The molecule has 3 aromatic carbocycles. The molecule has 6 aliphatic heterocycles. The molecule has 129 heavy (non-hydrogen) atoms. The summed E-state index contributed by atoms with van der Waals surface area (Å²) in [7, 11) is 6.63. The molecule has 4 fully saturated rings. The lowest BCUT2D eigenvalue weighted by molar-refractivity contribution is -0.149. The number of nitrogens with one attached hydrogen (secondary N) is 5. The molecular weight excluding hydrogens is 1720 g/mol. The number of fused-ring (bicyclic) bond motifs is 4. The second-order valence-corrected chi connectivity index (χ2v) is 37.2. The van der Waals surface area contributed by atoms with Crippen molar-refractivity contribution in [1.82, 2.24) is 45.9 Å². The number of phenolic OH excluding ortho intramolecular Hbond substituents is 1. The Morgan fingerprint density at radius 2 is 1.32 bits per heavy atom. The van der Waals surface area contributed by atoms with Gasteiger partial charge < -0.3 is 99.0 Å². The molecule has 7 N–H and O–H groups in total. The van der Waals surface area contributed by atoms with Crippen molar-refractivity contribution in [3.63, 3.8) is 0 Å². The number of methoxy groups -OCH3 is 2. The van der Waals surface area contributed by atoms with Crippen LogP contribution in [0.5, 0.6) is 28.7 Å². The maximum Gasteiger partial charge on any atom is 0.306 e. The van der Waals surface area contributed by atoms with Crippen molar-refractivity contribution in [2.45, 2.75) is 191 Å². The third-order valence-corrected chi connectivity index (χ3v) is 27.6. The monoisotopic (exact) mass is 1850 g/mol. The topological polar surface area (TPSA) is 413 Å². The van der Waals surface area contributed by atoms with Gasteiger partial charge in [0.1, 0.15) is 33.0 Å². The number of nitrogens with zero attached hydrogens (tertiary/aromatic N) is 7. The molecule has 10 rings (SSSR count). The molecule has 0 radical (unpaired) electrons. The Labute approximate surface area is 767 Å². The van der Waals surface area contributed by atoms with Gasteiger partial charge in [0.15, 0.2) is 29.1 Å². The number of likely N-dealkylation sites (tertiary alicyclic amines) is 1. The molecule has 4 aromatic rings. The van der Waals surface area contributed by atoms with E-state index in [0.717, 1.165) is 54.7 Å². The fourth-order valence-electron chi connectivity index (χ4n) is 16.5. The van der Waals surface area contributed by atoms with Crippen molar-refractivity contribution >= 4 is 123 Å². The minimum absolute atomic E-state index is 0.00114. The summed E-state index contributed by atoms with van der Waals surface area (Å²) in [5, 5.41) is 35.8. The maximum atomic E-state index is 14.5. The summed E-state index contributed by atoms with van der Waals surface area (Å²) in [6, 6.07) is 8.42. The van der Waals surface area contributed by atoms with Gasteiger partial charge in [0.25, 0.3) is 17.7 Å². The highest BCUT2D eigenvalue weighted by Crippen LogP contribution is 2.43. The zero-order chi connectivity index (χ0) is 93.0. The average Bonchev–Trinajstić information content (AvgIpc) is 1.57. The summed E-state index contributed by atoms with van der Waals surface area (Å²) >= 11 is 3.94. The van der Waals surface area contributed by atoms with Crippen LogP contribution in [-0.2, 0) is 68.5 Å². The molecule has 3 unspecified atom stereocenters. The van der Waals surface area contributed by atoms with E-state index < -0.39 is 64.4 Å². The third-order valence-electron chi connectivity index (χ3n) is 23.8. The lowest BCUT2D eigenvalue weighted by Crippen LogP contribution is -2.58. The molecule has 6 aliphatic rings. The Kier molecular flexibility index (Phi) is 39.2. The molecule has 11 atom stereocenters. The highest BCUT2D eigenvalue weighted by atomic mass is 32.2. The Hall–Kier alpha value is -9.89. The number of hydrogen-bond acceptors (Lipinski definition) is 27. The number of anilines is 2. The number of thioether (sulfide) groups is 2. The number of aromatic nitrogens is 1. The van der Waals surface area contributed by atoms with Gasteiger partial charge in [-0.25, -0.2) is 4.98 Å². The minimum Gasteiger partial charge on any atom is -0.506 e. The second kappa shape index (κ2) is 49.9. The zero-order valence-electron chi connectivity index (χ0n) is 75.8. The molecule has 0 bridgehead atoms. The number of carbonyl (C=O) groups is 11. The number of ether oxygens (including phenoxy) is 9. The van der Waals surface area contributed by atoms with E-state index >= 15 is 0 Å². The number of carboxylic acid groups (broad SMARTS) is 1. The highest BCUT2D eigenvalue weighted by Gasteiger charge is 2.43. The van der Waals surface area contributed by atoms with Crippen LogP contribution in [0.4, 0.5) is 17.1 Å². The molecule has 0 saturated carbocycles. The normalized spacial score (nSPS) is 19.4. The standard InChI is InChI=1S/C92H128N12O22S3/c1-13-58(6)81(99-85(110)70-20-15-16-27-100(70)9)91(115)101(10)71(55(2)3)48-78(126-60(8)105)88-98-69(54-129-88)84(109)96-62(42-59(7)92(116)117)43-61-21-22-73(106)68(44-61)97-79(107)23-30-120-34-36-122-32-25-93-86(111)82-83(128-39-19-38-127-82)87(112)94-26-33-123-37-35-121-31-24-80(108)104-53-64-41-57(5)52-103(64)90(114)66-46-75(119-12)77(49-72(66)104)125-29-18-14-17-28-124-76-47-67-65(45-74(76)118-11)89(113)102-51-56(4)40-63(102)50-95-67/h21-22,44-47,49-50,54-55,58-59,62-64,70-71,78,81-83,106H,4-5,13-20,23-43,48,51-53H2,1-3,6-12H3,(H,93,111)(H,94,112)(H,96,109)(H,97,107)(H,99,110)(H,116,117)/t58-,59?,62+,63-,64-,70+,71+,78+,81-,82?,83?/m0/s1. The van der Waals surface area contributed by atoms with Gasteiger partial charge in [-0.15, -0.1) is 34.9 Å². The lowest BCUT2D eigenvalue weighted by Gasteiger charge is -2.38. The van der Waals surface area contributed by atoms with E-state index in [1.807, 2.05) is 39.6 Å². The van der Waals surface area contributed by atoms with E-state index in [1.54, 1.807) is 63.2 Å². The van der Waals surface area contributed by atoms with Gasteiger partial charge in [0, 0.05) is 88.9 Å². The average molecular weight is 1850 g/mol. The summed E-state index contributed by atoms with van der Waals surface area (Å²) in [5.41, 5.74) is 4.19. The summed E-state index contributed by atoms with van der Waals surface area (Å²) < 4.78 is 52.7. The van der Waals surface area contributed by atoms with Gasteiger partial charge in [-0.05, 0) is 131 Å². The summed E-state index contributed by atoms with van der Waals surface area (Å²) in [5.74, 6) is -2.87. The zero-order valence-corrected chi connectivity index (χ0v) is 78.2. The SMILES string of the molecule is C=C1C[C@H]2CN(C(=O)CCOCCOCCNC(=O)C3SCCCSC3C(=O)NCCOCCOCCC(=O)Nc3cc(C[C@@H](CC(C)C(=O)O)NC(=O)c4csc([C@@H](C[C@H](C(C)C)N(C)C(=O)[C@@H](NC(=O)[C@H]5CCCCN5C)[C@@H](C)CC)OC(C)=O)n4)ccc3O)c3cc(OCCCCCOc4cc5c(cc4OC)C(=O)N4CC(=C)C[C@H]4C=N5)c(OC)cc3C(=O)N2C1. The lowest BCUT2D eigenvalue weighted by atomic mass is 9.92. The number of aliphatic carboxylic acids is 1. The first kappa shape index (κ1) is 101. The molecule has 1 aromatic heterocycles. The van der Waals surface area contributed by atoms with Crippen LogP contribution in [0.15, 0.2) is 77.1 Å². The molecular formula is C92H128N12O22S3. The number of carboxylic acids is 1. The van der Waals surface area contributed by atoms with Gasteiger partial charge >= 0.3 is 11.9 Å². The van der Waals surface area contributed by atoms with E-state index in [9.17, 15) is 63.0 Å². The number of hydrogen-bond donors (Lipinski definition) is 7. The smallest absolute Gasteiger partial charge is 0.306 e. The van der Waals surface area contributed by atoms with Crippen molar-refractivity contribution in [2.75, 3.05) is 155 Å². The molecule has 9 amide bonds. The fraction of sp³-hybridized carbons (Fsp3) is 0.598. The van der Waals surface area contributed by atoms with Crippen LogP contribution in [0.3, 0.4) is 0 Å². The first-order chi connectivity index (χ1) is 61.9. The summed E-state index contributed by atoms with van der Waals surface area (Å²) in [6.07, 6.45) is 8.32. The van der Waals surface area contributed by atoms with Gasteiger partial charge in [0.2, 0.25) is 35.4 Å². The van der Waals surface area contributed by atoms with Crippen molar-refractivity contribution in [2.24, 2.45) is 22.7 Å². The van der Waals surface area contributed by atoms with E-state index in [1.165, 1.54) is 69.1 Å². The number of rotatable bonds is 49. The molecule has 0 spiro atoms. The molecule has 37 heteroatoms. The predicted octanol–water partition coefficient (Wildman–Crippen LogP) is 9.37. The number of carbonyl (C=O) groups excluding carboxylic acids is 10. The van der Waals surface area contributed by atoms with Crippen molar-refractivity contribution in [1.29, 1.82) is 0 Å². The first-order valence-corrected chi connectivity index (χ1v) is 47.6. The quantitative estimate of drug-likeness (QED) is 0.00936. The van der Waals surface area contributed by atoms with Gasteiger partial charge in [0.05, 0.1) is 145 Å². The summed E-state index contributed by atoms with van der Waals surface area (Å²) in [6.45, 7) is 22.7. The maximum absolute atomic E-state index is 14.5. The Balaban J connectivity index is 0.602. The van der Waals surface area contributed by atoms with Crippen LogP contribution in [0, 0.1) is 17.8 Å². The minimum atomic E-state index is -1.09. The molecule has 4 saturated heterocycles. The number of unbranched alkanes of at least 4 members (excludes halogenated alkanes) is 2. The molecule has 0 aliphatic carbocycles. The first-order valence-electron chi connectivity index (χ1n) is 44.6. The number of piperidine rings is 1. The van der Waals surface area contributed by atoms with Crippen molar-refractivity contribution < 1.29 is 106 Å². The Bertz CT molecular complexity index is 4630. The number of thiazole rings is 1. The number of amides is 9. The van der Waals surface area contributed by atoms with E-state index in [2.05, 4.69) is 49.7 Å². The largest absolute Gasteiger partial charge is 0.506 e. The number of likely N-dealkylation sites (N-methyl/N-ethyl adjacent to an activating group) is 2. The van der Waals surface area contributed by atoms with Crippen molar-refractivity contribution in [3.8, 4) is 28.7 Å². The molecule has 7 heterocycles. The number of phenols is 1. The van der Waals surface area contributed by atoms with Crippen LogP contribution >= 0.6 is 34.9 Å². The number of aromatic hydroxyl groups is 1. The van der Waals surface area contributed by atoms with Gasteiger partial charge in [-0.2, -0.15) is 0 Å². The predicted molar refractivity (Wildman–Crippen MR) is 492 cm³/mol. The Morgan fingerprint density at radius 1 is 0.698 bits per heavy atom. The van der Waals surface area contributed by atoms with E-state index in [0.29, 0.717) is 132 Å². The van der Waals surface area contributed by atoms with E-state index in [4.69, 9.17) is 42.6 Å². The third kappa shape index (κ3) is 28.6. The number of aliphatic imine (C=N–C) groups is 1. The van der Waals surface area contributed by atoms with Gasteiger partial charge in [-0.3, -0.25) is 62.6 Å². The van der Waals surface area contributed by atoms with Crippen LogP contribution in [0.1, 0.15) is 179 Å². The van der Waals surface area contributed by atoms with E-state index in [-0.39, 0.29) is 193 Å². The molecule has 706 valence electrons. The fourth-order valence-corrected chi connectivity index (χ4v) is 20.2. The highest BCUT2D eigenvalue weighted by molar-refractivity contribution is 8.05. The second-order valence-electron chi connectivity index (χ2n) is 33.8. The van der Waals surface area contributed by atoms with Gasteiger partial charge in [-0.1, -0.05) is 77.8 Å². The van der Waals surface area contributed by atoms with Crippen LogP contribution in [0.2, 0.25) is 0 Å². The number of esters is 1. The number of benzene rings is 3.